The van der Waals surface area contributed by atoms with Crippen LogP contribution in [0, 0.1) is 5.41 Å². The highest BCUT2D eigenvalue weighted by Gasteiger charge is 2.64. The number of amides is 1. The summed E-state index contributed by atoms with van der Waals surface area (Å²) in [5.41, 5.74) is 3.25. The summed E-state index contributed by atoms with van der Waals surface area (Å²) in [5.74, 6) is -2.35. The van der Waals surface area contributed by atoms with Crippen LogP contribution in [0.15, 0.2) is 5.16 Å². The monoisotopic (exact) mass is 404 g/mol. The third kappa shape index (κ3) is 2.91. The summed E-state index contributed by atoms with van der Waals surface area (Å²) in [5, 5.41) is 29.1. The lowest BCUT2D eigenvalue weighted by Crippen LogP contribution is -2.81. The Labute approximate surface area is 155 Å². The first-order valence-electron chi connectivity index (χ1n) is 7.34. The van der Waals surface area contributed by atoms with Crippen molar-refractivity contribution < 1.29 is 29.3 Å². The second-order valence-corrected chi connectivity index (χ2v) is 7.99. The Kier molecular flexibility index (Phi) is 4.85. The molecule has 26 heavy (non-hydrogen) atoms. The summed E-state index contributed by atoms with van der Waals surface area (Å²) in [6.07, 6.45) is 0. The number of aromatic nitrogens is 4. The van der Waals surface area contributed by atoms with Gasteiger partial charge in [-0.1, -0.05) is 11.8 Å². The van der Waals surface area contributed by atoms with E-state index in [4.69, 9.17) is 15.6 Å². The van der Waals surface area contributed by atoms with Crippen LogP contribution in [-0.4, -0.2) is 89.4 Å². The number of rotatable bonds is 7. The molecule has 142 valence electrons. The Hall–Kier alpha value is -1.90. The summed E-state index contributed by atoms with van der Waals surface area (Å²) in [7, 11) is 1.34. The highest BCUT2D eigenvalue weighted by Crippen LogP contribution is 2.47. The lowest BCUT2D eigenvalue weighted by Gasteiger charge is -2.57. The predicted octanol–water partition coefficient (Wildman–Crippen LogP) is -1.86. The number of carbonyl (C=O) groups excluding carboxylic acids is 1. The number of carboxylic acid groups (broad SMARTS) is 2. The van der Waals surface area contributed by atoms with E-state index in [1.807, 2.05) is 0 Å². The number of ether oxygens (including phenoxy) is 1. The molecule has 1 amide bonds. The van der Waals surface area contributed by atoms with Crippen molar-refractivity contribution in [1.82, 2.24) is 25.1 Å². The fourth-order valence-corrected chi connectivity index (χ4v) is 5.56. The molecule has 0 saturated carbocycles. The zero-order valence-electron chi connectivity index (χ0n) is 13.6. The van der Waals surface area contributed by atoms with Crippen LogP contribution in [0.1, 0.15) is 0 Å². The third-order valence-electron chi connectivity index (χ3n) is 4.29. The minimum atomic E-state index is -1.42. The number of tetrazole rings is 1. The van der Waals surface area contributed by atoms with Crippen LogP contribution in [-0.2, 0) is 25.7 Å². The maximum atomic E-state index is 12.2. The first kappa shape index (κ1) is 18.9. The second kappa shape index (κ2) is 6.68. The number of β-lactam (4-membered cyclic amide) rings is 1. The first-order valence-corrected chi connectivity index (χ1v) is 9.38. The van der Waals surface area contributed by atoms with Gasteiger partial charge in [0.05, 0.1) is 0 Å². The molecule has 14 heteroatoms. The quantitative estimate of drug-likeness (QED) is 0.263. The molecule has 2 unspecified atom stereocenters. The number of nitrogens with two attached hydrogens (primary N) is 1. The van der Waals surface area contributed by atoms with Crippen LogP contribution >= 0.6 is 23.5 Å². The topological polar surface area (TPSA) is 174 Å². The standard InChI is InChI=1S/C12H16N6O6S2/c1-24-12(13)7(21)17-3-11(9(22)23,4-25-8(12)17)5-26-10-14-15-16-18(10)2-6(19)20/h8H,2-5,13H2,1H3,(H,19,20)(H,22,23)/t8-,11?,12?/m1/s1. The Morgan fingerprint density at radius 2 is 2.23 bits per heavy atom. The number of thioether (sulfide) groups is 2. The van der Waals surface area contributed by atoms with Crippen molar-refractivity contribution in [2.75, 3.05) is 25.2 Å². The summed E-state index contributed by atoms with van der Waals surface area (Å²) in [6.45, 7) is -0.449. The van der Waals surface area contributed by atoms with E-state index in [0.29, 0.717) is 0 Å². The molecule has 0 bridgehead atoms. The Bertz CT molecular complexity index is 760. The summed E-state index contributed by atoms with van der Waals surface area (Å²) >= 11 is 2.28. The third-order valence-corrected chi connectivity index (χ3v) is 7.18. The largest absolute Gasteiger partial charge is 0.481 e. The fourth-order valence-electron chi connectivity index (χ4n) is 2.78. The molecule has 0 aromatic carbocycles. The molecule has 0 radical (unpaired) electrons. The molecular weight excluding hydrogens is 388 g/mol. The summed E-state index contributed by atoms with van der Waals surface area (Å²) < 4.78 is 6.16. The molecule has 4 N–H and O–H groups in total. The number of carbonyl (C=O) groups is 3. The highest BCUT2D eigenvalue weighted by atomic mass is 32.2. The van der Waals surface area contributed by atoms with Gasteiger partial charge in [0.25, 0.3) is 5.91 Å². The molecular formula is C12H16N6O6S2. The van der Waals surface area contributed by atoms with Crippen LogP contribution in [0.4, 0.5) is 0 Å². The number of fused-ring (bicyclic) bond motifs is 1. The molecule has 2 saturated heterocycles. The second-order valence-electron chi connectivity index (χ2n) is 5.98. The van der Waals surface area contributed by atoms with Crippen LogP contribution < -0.4 is 5.73 Å². The van der Waals surface area contributed by atoms with Crippen LogP contribution in [0.2, 0.25) is 0 Å². The number of aliphatic carboxylic acids is 2. The fraction of sp³-hybridized carbons (Fsp3) is 0.667. The Morgan fingerprint density at radius 3 is 2.85 bits per heavy atom. The van der Waals surface area contributed by atoms with Gasteiger partial charge in [-0.3, -0.25) is 20.1 Å². The van der Waals surface area contributed by atoms with Crippen molar-refractivity contribution in [3.63, 3.8) is 0 Å². The average molecular weight is 404 g/mol. The average Bonchev–Trinajstić information content (AvgIpc) is 3.04. The predicted molar refractivity (Wildman–Crippen MR) is 88.1 cm³/mol. The molecule has 3 rings (SSSR count). The molecule has 0 spiro atoms. The van der Waals surface area contributed by atoms with Gasteiger partial charge in [-0.2, -0.15) is 0 Å². The van der Waals surface area contributed by atoms with E-state index in [-0.39, 0.29) is 23.2 Å². The van der Waals surface area contributed by atoms with Crippen LogP contribution in [0.5, 0.6) is 0 Å². The number of nitrogens with zero attached hydrogens (tertiary/aromatic N) is 5. The first-order chi connectivity index (χ1) is 12.2. The maximum absolute atomic E-state index is 12.2. The van der Waals surface area contributed by atoms with Gasteiger partial charge in [0.15, 0.2) is 0 Å². The minimum absolute atomic E-state index is 0.0192. The van der Waals surface area contributed by atoms with E-state index in [9.17, 15) is 19.5 Å². The minimum Gasteiger partial charge on any atom is -0.481 e. The zero-order chi connectivity index (χ0) is 19.1. The number of carboxylic acids is 2. The molecule has 3 atom stereocenters. The zero-order valence-corrected chi connectivity index (χ0v) is 15.2. The normalized spacial score (nSPS) is 30.6. The van der Waals surface area contributed by atoms with Gasteiger partial charge in [0.1, 0.15) is 17.3 Å². The molecule has 2 aliphatic rings. The summed E-state index contributed by atoms with van der Waals surface area (Å²) in [4.78, 5) is 36.4. The van der Waals surface area contributed by atoms with E-state index in [1.165, 1.54) is 23.8 Å². The van der Waals surface area contributed by atoms with Crippen molar-refractivity contribution in [2.24, 2.45) is 11.1 Å². The summed E-state index contributed by atoms with van der Waals surface area (Å²) in [6, 6.07) is 0. The SMILES string of the molecule is COC1(N)C(=O)N2CC(CSc3nnnn3CC(=O)O)(C(=O)O)CS[C@@H]21. The van der Waals surface area contributed by atoms with Crippen molar-refractivity contribution in [1.29, 1.82) is 0 Å². The number of hydrogen-bond acceptors (Lipinski definition) is 10. The lowest BCUT2D eigenvalue weighted by atomic mass is 9.88. The van der Waals surface area contributed by atoms with Gasteiger partial charge >= 0.3 is 11.9 Å². The van der Waals surface area contributed by atoms with Crippen molar-refractivity contribution in [2.45, 2.75) is 22.8 Å². The van der Waals surface area contributed by atoms with Gasteiger partial charge in [-0.25, -0.2) is 4.68 Å². The van der Waals surface area contributed by atoms with E-state index in [2.05, 4.69) is 15.5 Å². The van der Waals surface area contributed by atoms with Crippen LogP contribution in [0.25, 0.3) is 0 Å². The molecule has 1 aromatic rings. The molecule has 2 aliphatic heterocycles. The van der Waals surface area contributed by atoms with E-state index in [1.54, 1.807) is 0 Å². The van der Waals surface area contributed by atoms with Gasteiger partial charge in [-0.05, 0) is 10.4 Å². The molecule has 3 heterocycles. The molecule has 12 nitrogen and oxygen atoms in total. The number of methoxy groups -OCH3 is 1. The smallest absolute Gasteiger partial charge is 0.325 e. The highest BCUT2D eigenvalue weighted by molar-refractivity contribution is 8.00. The molecule has 0 aliphatic carbocycles. The van der Waals surface area contributed by atoms with Gasteiger partial charge < -0.3 is 19.8 Å². The Morgan fingerprint density at radius 1 is 1.50 bits per heavy atom. The molecule has 1 aromatic heterocycles. The van der Waals surface area contributed by atoms with Crippen molar-refractivity contribution in [3.05, 3.63) is 0 Å². The van der Waals surface area contributed by atoms with Gasteiger partial charge in [0.2, 0.25) is 10.9 Å². The Balaban J connectivity index is 1.73. The number of hydrogen-bond donors (Lipinski definition) is 3. The van der Waals surface area contributed by atoms with Crippen molar-refractivity contribution in [3.8, 4) is 0 Å². The van der Waals surface area contributed by atoms with E-state index in [0.717, 1.165) is 16.4 Å². The van der Waals surface area contributed by atoms with Crippen molar-refractivity contribution >= 4 is 41.4 Å². The van der Waals surface area contributed by atoms with Crippen LogP contribution in [0.3, 0.4) is 0 Å². The maximum Gasteiger partial charge on any atom is 0.325 e. The van der Waals surface area contributed by atoms with Gasteiger partial charge in [-0.15, -0.1) is 16.9 Å². The molecule has 2 fully saturated rings. The van der Waals surface area contributed by atoms with E-state index < -0.39 is 40.9 Å². The van der Waals surface area contributed by atoms with Gasteiger partial charge in [0, 0.05) is 25.2 Å². The van der Waals surface area contributed by atoms with E-state index >= 15 is 0 Å². The lowest BCUT2D eigenvalue weighted by molar-refractivity contribution is -0.190.